The summed E-state index contributed by atoms with van der Waals surface area (Å²) in [5.41, 5.74) is 1.07. The van der Waals surface area contributed by atoms with Crippen LogP contribution in [0.1, 0.15) is 6.99 Å². The van der Waals surface area contributed by atoms with E-state index in [4.69, 9.17) is 4.74 Å². The van der Waals surface area contributed by atoms with Gasteiger partial charge < -0.3 is 6.16 Å². The minimum atomic E-state index is 0. The van der Waals surface area contributed by atoms with Crippen LogP contribution in [0.25, 0.3) is 0 Å². The second-order valence-electron chi connectivity index (χ2n) is 2.40. The monoisotopic (exact) mass is 155 g/mol. The first kappa shape index (κ1) is 9.38. The SMILES string of the molecule is [H-].[Li+].c1ccc(C2=NCCO2)cc1. The maximum absolute atomic E-state index is 5.29. The smallest absolute Gasteiger partial charge is 1.00 e. The van der Waals surface area contributed by atoms with Crippen molar-refractivity contribution in [1.82, 2.24) is 0 Å². The van der Waals surface area contributed by atoms with Crippen molar-refractivity contribution in [2.75, 3.05) is 13.2 Å². The molecule has 58 valence electrons. The minimum absolute atomic E-state index is 0. The van der Waals surface area contributed by atoms with Crippen molar-refractivity contribution in [2.24, 2.45) is 4.99 Å². The largest absolute Gasteiger partial charge is 1.00 e. The van der Waals surface area contributed by atoms with Crippen LogP contribution in [-0.4, -0.2) is 19.0 Å². The zero-order valence-electron chi connectivity index (χ0n) is 8.16. The molecule has 1 aromatic carbocycles. The molecule has 12 heavy (non-hydrogen) atoms. The van der Waals surface area contributed by atoms with Gasteiger partial charge in [0.05, 0.1) is 6.54 Å². The molecule has 0 atom stereocenters. The zero-order valence-corrected chi connectivity index (χ0v) is 7.16. The number of hydrogen-bond donors (Lipinski definition) is 0. The number of aliphatic imine (C=N–C) groups is 1. The summed E-state index contributed by atoms with van der Waals surface area (Å²) in [5.74, 6) is 0.783. The molecule has 0 saturated heterocycles. The van der Waals surface area contributed by atoms with E-state index in [-0.39, 0.29) is 20.3 Å². The van der Waals surface area contributed by atoms with Gasteiger partial charge in [-0.2, -0.15) is 0 Å². The van der Waals surface area contributed by atoms with Gasteiger partial charge in [0.25, 0.3) is 0 Å². The van der Waals surface area contributed by atoms with E-state index in [9.17, 15) is 0 Å². The van der Waals surface area contributed by atoms with Gasteiger partial charge in [-0.1, -0.05) is 18.2 Å². The number of benzene rings is 1. The standard InChI is InChI=1S/C9H9NO.Li.H/c1-2-4-8(5-3-1)9-10-6-7-11-9;;/h1-5H,6-7H2;;/q;+1;-1. The van der Waals surface area contributed by atoms with Crippen molar-refractivity contribution >= 4 is 5.90 Å². The fourth-order valence-corrected chi connectivity index (χ4v) is 1.09. The van der Waals surface area contributed by atoms with E-state index in [1.54, 1.807) is 0 Å². The molecule has 1 aliphatic heterocycles. The fraction of sp³-hybridized carbons (Fsp3) is 0.222. The Hall–Kier alpha value is -0.713. The van der Waals surface area contributed by atoms with Crippen LogP contribution in [0.5, 0.6) is 0 Å². The third-order valence-corrected chi connectivity index (χ3v) is 1.61. The van der Waals surface area contributed by atoms with Gasteiger partial charge in [-0.15, -0.1) is 0 Å². The summed E-state index contributed by atoms with van der Waals surface area (Å²) < 4.78 is 5.29. The van der Waals surface area contributed by atoms with Crippen molar-refractivity contribution < 1.29 is 25.0 Å². The molecule has 0 amide bonds. The number of hydrogen-bond acceptors (Lipinski definition) is 2. The number of ether oxygens (including phenoxy) is 1. The topological polar surface area (TPSA) is 21.6 Å². The number of rotatable bonds is 1. The molecular formula is C9H10LiNO. The number of nitrogens with zero attached hydrogens (tertiary/aromatic N) is 1. The van der Waals surface area contributed by atoms with Gasteiger partial charge in [0, 0.05) is 5.56 Å². The Balaban J connectivity index is 0.000000720. The molecule has 1 aliphatic rings. The molecule has 0 aliphatic carbocycles. The Kier molecular flexibility index (Phi) is 3.40. The maximum atomic E-state index is 5.29. The minimum Gasteiger partial charge on any atom is -1.00 e. The molecule has 0 bridgehead atoms. The summed E-state index contributed by atoms with van der Waals surface area (Å²) in [7, 11) is 0. The molecule has 0 N–H and O–H groups in total. The van der Waals surface area contributed by atoms with Crippen LogP contribution in [0.2, 0.25) is 0 Å². The van der Waals surface area contributed by atoms with Gasteiger partial charge in [0.15, 0.2) is 0 Å². The van der Waals surface area contributed by atoms with E-state index in [0.717, 1.165) is 24.6 Å². The van der Waals surface area contributed by atoms with Crippen molar-refractivity contribution in [1.29, 1.82) is 0 Å². The molecule has 0 unspecified atom stereocenters. The maximum Gasteiger partial charge on any atom is 1.00 e. The molecule has 2 nitrogen and oxygen atoms in total. The van der Waals surface area contributed by atoms with Crippen molar-refractivity contribution in [2.45, 2.75) is 0 Å². The summed E-state index contributed by atoms with van der Waals surface area (Å²) in [4.78, 5) is 4.20. The van der Waals surface area contributed by atoms with E-state index < -0.39 is 0 Å². The Labute approximate surface area is 85.3 Å². The van der Waals surface area contributed by atoms with Gasteiger partial charge >= 0.3 is 18.9 Å². The van der Waals surface area contributed by atoms with Gasteiger partial charge in [-0.05, 0) is 12.1 Å². The summed E-state index contributed by atoms with van der Waals surface area (Å²) in [5, 5.41) is 0. The molecular weight excluding hydrogens is 145 g/mol. The molecule has 0 saturated carbocycles. The predicted octanol–water partition coefficient (Wildman–Crippen LogP) is -1.42. The molecule has 1 heterocycles. The van der Waals surface area contributed by atoms with E-state index in [1.807, 2.05) is 30.3 Å². The molecule has 0 spiro atoms. The molecule has 1 aromatic rings. The Morgan fingerprint density at radius 1 is 1.25 bits per heavy atom. The third kappa shape index (κ3) is 1.91. The normalized spacial score (nSPS) is 14.5. The quantitative estimate of drug-likeness (QED) is 0.456. The van der Waals surface area contributed by atoms with Crippen LogP contribution < -0.4 is 18.9 Å². The van der Waals surface area contributed by atoms with Gasteiger partial charge in [0.2, 0.25) is 5.90 Å². The van der Waals surface area contributed by atoms with Crippen molar-refractivity contribution in [3.8, 4) is 0 Å². The van der Waals surface area contributed by atoms with Crippen LogP contribution in [0.4, 0.5) is 0 Å². The second kappa shape index (κ2) is 4.35. The van der Waals surface area contributed by atoms with Crippen molar-refractivity contribution in [3.05, 3.63) is 35.9 Å². The first-order valence-electron chi connectivity index (χ1n) is 3.69. The second-order valence-corrected chi connectivity index (χ2v) is 2.40. The Morgan fingerprint density at radius 3 is 2.58 bits per heavy atom. The molecule has 3 heteroatoms. The van der Waals surface area contributed by atoms with Crippen molar-refractivity contribution in [3.63, 3.8) is 0 Å². The first-order valence-corrected chi connectivity index (χ1v) is 3.69. The van der Waals surface area contributed by atoms with Crippen LogP contribution >= 0.6 is 0 Å². The zero-order chi connectivity index (χ0) is 7.52. The Bertz CT molecular complexity index is 276. The Morgan fingerprint density at radius 2 is 2.00 bits per heavy atom. The molecule has 0 aromatic heterocycles. The summed E-state index contributed by atoms with van der Waals surface area (Å²) in [6, 6.07) is 9.96. The van der Waals surface area contributed by atoms with Gasteiger partial charge in [-0.25, -0.2) is 4.99 Å². The van der Waals surface area contributed by atoms with Crippen LogP contribution in [0, 0.1) is 0 Å². The average molecular weight is 155 g/mol. The third-order valence-electron chi connectivity index (χ3n) is 1.61. The summed E-state index contributed by atoms with van der Waals surface area (Å²) in [6.07, 6.45) is 0. The van der Waals surface area contributed by atoms with E-state index in [2.05, 4.69) is 4.99 Å². The van der Waals surface area contributed by atoms with Crippen LogP contribution in [0.3, 0.4) is 0 Å². The van der Waals surface area contributed by atoms with Crippen LogP contribution in [-0.2, 0) is 4.74 Å². The molecule has 2 rings (SSSR count). The van der Waals surface area contributed by atoms with E-state index in [0.29, 0.717) is 0 Å². The average Bonchev–Trinajstić information content (AvgIpc) is 2.58. The fourth-order valence-electron chi connectivity index (χ4n) is 1.09. The first-order chi connectivity index (χ1) is 5.47. The van der Waals surface area contributed by atoms with E-state index in [1.165, 1.54) is 0 Å². The van der Waals surface area contributed by atoms with E-state index >= 15 is 0 Å². The van der Waals surface area contributed by atoms with Gasteiger partial charge in [-0.3, -0.25) is 0 Å². The van der Waals surface area contributed by atoms with Gasteiger partial charge in [0.1, 0.15) is 6.61 Å². The summed E-state index contributed by atoms with van der Waals surface area (Å²) in [6.45, 7) is 1.52. The molecule has 0 radical (unpaired) electrons. The summed E-state index contributed by atoms with van der Waals surface area (Å²) >= 11 is 0. The molecule has 0 fully saturated rings. The predicted molar refractivity (Wildman–Crippen MR) is 44.9 cm³/mol. The van der Waals surface area contributed by atoms with Crippen LogP contribution in [0.15, 0.2) is 35.3 Å².